The number of rotatable bonds is 9. The van der Waals surface area contributed by atoms with Gasteiger partial charge >= 0.3 is 5.97 Å². The molecule has 2 heterocycles. The maximum Gasteiger partial charge on any atom is 0.350 e. The molecule has 1 saturated heterocycles. The van der Waals surface area contributed by atoms with E-state index in [4.69, 9.17) is 23.7 Å². The zero-order valence-electron chi connectivity index (χ0n) is 19.7. The number of carbonyl (C=O) groups excluding carboxylic acids is 1. The molecule has 0 amide bonds. The number of aliphatic hydroxyl groups is 1. The van der Waals surface area contributed by atoms with Crippen LogP contribution in [-0.2, 0) is 52.5 Å². The van der Waals surface area contributed by atoms with Gasteiger partial charge in [-0.1, -0.05) is 60.7 Å². The molecule has 2 aromatic carbocycles. The van der Waals surface area contributed by atoms with E-state index >= 15 is 0 Å². The Bertz CT molecular complexity index is 1040. The fourth-order valence-corrected chi connectivity index (χ4v) is 5.68. The van der Waals surface area contributed by atoms with Gasteiger partial charge in [0.25, 0.3) is 0 Å². The summed E-state index contributed by atoms with van der Waals surface area (Å²) >= 11 is 0. The number of esters is 1. The van der Waals surface area contributed by atoms with Gasteiger partial charge in [0.05, 0.1) is 37.2 Å². The van der Waals surface area contributed by atoms with Gasteiger partial charge in [-0.3, -0.25) is 4.21 Å². The van der Waals surface area contributed by atoms with Crippen molar-refractivity contribution in [3.05, 3.63) is 82.5 Å². The molecule has 0 radical (unpaired) electrons. The van der Waals surface area contributed by atoms with E-state index in [2.05, 4.69) is 0 Å². The maximum absolute atomic E-state index is 13.4. The Labute approximate surface area is 207 Å². The molecule has 0 aliphatic carbocycles. The smallest absolute Gasteiger partial charge is 0.350 e. The minimum Gasteiger partial charge on any atom is -0.467 e. The van der Waals surface area contributed by atoms with Crippen LogP contribution in [-0.4, -0.2) is 58.4 Å². The Kier molecular flexibility index (Phi) is 8.69. The number of carbonyl (C=O) groups is 1. The summed E-state index contributed by atoms with van der Waals surface area (Å²) in [6.45, 7) is 4.02. The quantitative estimate of drug-likeness (QED) is 0.523. The molecular formula is C26H30O8S. The summed E-state index contributed by atoms with van der Waals surface area (Å²) in [6, 6.07) is 19.2. The van der Waals surface area contributed by atoms with E-state index < -0.39 is 46.6 Å². The Morgan fingerprint density at radius 3 is 2.29 bits per heavy atom. The van der Waals surface area contributed by atoms with E-state index in [1.807, 2.05) is 60.7 Å². The summed E-state index contributed by atoms with van der Waals surface area (Å²) in [5.41, 5.74) is 1.91. The van der Waals surface area contributed by atoms with Crippen LogP contribution in [0.1, 0.15) is 25.0 Å². The van der Waals surface area contributed by atoms with Crippen LogP contribution in [0.15, 0.2) is 71.3 Å². The van der Waals surface area contributed by atoms with Crippen LogP contribution in [0.25, 0.3) is 0 Å². The van der Waals surface area contributed by atoms with E-state index in [0.717, 1.165) is 11.1 Å². The van der Waals surface area contributed by atoms with Crippen molar-refractivity contribution in [3.63, 3.8) is 0 Å². The number of hydrogen-bond donors (Lipinski definition) is 1. The molecule has 8 nitrogen and oxygen atoms in total. The Hall–Kier alpha value is -2.56. The Morgan fingerprint density at radius 2 is 1.66 bits per heavy atom. The molecule has 2 aliphatic rings. The molecule has 35 heavy (non-hydrogen) atoms. The molecule has 0 aromatic heterocycles. The van der Waals surface area contributed by atoms with E-state index in [1.165, 1.54) is 6.92 Å². The molecule has 1 N–H and O–H groups in total. The summed E-state index contributed by atoms with van der Waals surface area (Å²) in [7, 11) is -1.92. The molecule has 1 fully saturated rings. The third kappa shape index (κ3) is 5.99. The minimum atomic E-state index is -1.92. The topological polar surface area (TPSA) is 101 Å². The summed E-state index contributed by atoms with van der Waals surface area (Å²) in [5.74, 6) is -0.577. The number of fused-ring (bicyclic) bond motifs is 1. The number of allylic oxidation sites excluding steroid dienone is 1. The predicted octanol–water partition coefficient (Wildman–Crippen LogP) is 2.82. The highest BCUT2D eigenvalue weighted by atomic mass is 32.2. The third-order valence-electron chi connectivity index (χ3n) is 5.82. The van der Waals surface area contributed by atoms with Gasteiger partial charge in [0, 0.05) is 0 Å². The van der Waals surface area contributed by atoms with Crippen LogP contribution < -0.4 is 0 Å². The largest absolute Gasteiger partial charge is 0.467 e. The predicted molar refractivity (Wildman–Crippen MR) is 128 cm³/mol. The molecule has 4 rings (SSSR count). The first-order chi connectivity index (χ1) is 17.0. The van der Waals surface area contributed by atoms with Crippen molar-refractivity contribution in [2.24, 2.45) is 0 Å². The molecule has 2 aliphatic heterocycles. The van der Waals surface area contributed by atoms with Crippen LogP contribution in [0.5, 0.6) is 0 Å². The van der Waals surface area contributed by atoms with Crippen molar-refractivity contribution in [3.8, 4) is 0 Å². The monoisotopic (exact) mass is 502 g/mol. The maximum atomic E-state index is 13.4. The van der Waals surface area contributed by atoms with Crippen molar-refractivity contribution in [1.29, 1.82) is 0 Å². The number of ether oxygens (including phenoxy) is 5. The van der Waals surface area contributed by atoms with E-state index in [1.54, 1.807) is 6.92 Å². The first-order valence-corrected chi connectivity index (χ1v) is 12.8. The van der Waals surface area contributed by atoms with Gasteiger partial charge < -0.3 is 28.8 Å². The van der Waals surface area contributed by atoms with Crippen molar-refractivity contribution in [2.75, 3.05) is 13.2 Å². The zero-order valence-corrected chi connectivity index (χ0v) is 20.5. The highest BCUT2D eigenvalue weighted by Gasteiger charge is 2.54. The normalized spacial score (nSPS) is 28.2. The standard InChI is InChI=1S/C26H30O8S/c1-3-31-25(28)23-17(2)33-26-24(35(23)29)21(27)22(32-15-19-12-8-5-9-13-19)20(34-26)16-30-14-18-10-6-4-7-11-18/h4-13,20-22,24,26-27H,3,14-16H2,1-2H3/t20-,21+,22-,24-,26+,35?/m1/s1. The first kappa shape index (κ1) is 25.5. The average molecular weight is 503 g/mol. The molecule has 0 saturated carbocycles. The van der Waals surface area contributed by atoms with Crippen LogP contribution in [0.3, 0.4) is 0 Å². The second-order valence-electron chi connectivity index (χ2n) is 8.28. The molecule has 0 spiro atoms. The van der Waals surface area contributed by atoms with Crippen LogP contribution >= 0.6 is 0 Å². The van der Waals surface area contributed by atoms with Crippen molar-refractivity contribution in [1.82, 2.24) is 0 Å². The van der Waals surface area contributed by atoms with Gasteiger partial charge in [-0.05, 0) is 25.0 Å². The minimum absolute atomic E-state index is 0.101. The molecule has 0 bridgehead atoms. The lowest BCUT2D eigenvalue weighted by Gasteiger charge is -2.45. The number of aliphatic hydroxyl groups excluding tert-OH is 1. The number of benzene rings is 2. The second kappa shape index (κ2) is 11.9. The lowest BCUT2D eigenvalue weighted by molar-refractivity contribution is -0.258. The van der Waals surface area contributed by atoms with E-state index in [0.29, 0.717) is 6.61 Å². The fourth-order valence-electron chi connectivity index (χ4n) is 4.12. The van der Waals surface area contributed by atoms with Gasteiger partial charge in [-0.2, -0.15) is 0 Å². The summed E-state index contributed by atoms with van der Waals surface area (Å²) < 4.78 is 42.3. The molecule has 188 valence electrons. The lowest BCUT2D eigenvalue weighted by Crippen LogP contribution is -2.62. The molecule has 2 aromatic rings. The molecule has 6 atom stereocenters. The van der Waals surface area contributed by atoms with E-state index in [9.17, 15) is 14.1 Å². The first-order valence-electron chi connectivity index (χ1n) is 11.6. The second-order valence-corrected chi connectivity index (χ2v) is 9.83. The molecule has 9 heteroatoms. The van der Waals surface area contributed by atoms with Crippen LogP contribution in [0.4, 0.5) is 0 Å². The number of hydrogen-bond acceptors (Lipinski definition) is 8. The molecular weight excluding hydrogens is 472 g/mol. The third-order valence-corrected chi connectivity index (χ3v) is 7.67. The summed E-state index contributed by atoms with van der Waals surface area (Å²) in [4.78, 5) is 12.3. The SMILES string of the molecule is CCOC(=O)C1=C(C)O[C@H]2O[C@H](COCc3ccccc3)[C@@H](OCc3ccccc3)[C@H](O)[C@H]2S1=O. The highest BCUT2D eigenvalue weighted by Crippen LogP contribution is 2.36. The van der Waals surface area contributed by atoms with Gasteiger partial charge in [0.2, 0.25) is 6.29 Å². The van der Waals surface area contributed by atoms with Crippen LogP contribution in [0, 0.1) is 0 Å². The van der Waals surface area contributed by atoms with Gasteiger partial charge in [0.1, 0.15) is 29.3 Å². The summed E-state index contributed by atoms with van der Waals surface area (Å²) in [6.07, 6.45) is -3.80. The van der Waals surface area contributed by atoms with Crippen LogP contribution in [0.2, 0.25) is 0 Å². The zero-order chi connectivity index (χ0) is 24.8. The Balaban J connectivity index is 1.53. The fraction of sp³-hybridized carbons (Fsp3) is 0.423. The Morgan fingerprint density at radius 1 is 1.03 bits per heavy atom. The highest BCUT2D eigenvalue weighted by molar-refractivity contribution is 7.90. The van der Waals surface area contributed by atoms with Gasteiger partial charge in [-0.15, -0.1) is 0 Å². The van der Waals surface area contributed by atoms with Gasteiger partial charge in [-0.25, -0.2) is 4.79 Å². The lowest BCUT2D eigenvalue weighted by atomic mass is 10.0. The van der Waals surface area contributed by atoms with E-state index in [-0.39, 0.29) is 30.5 Å². The van der Waals surface area contributed by atoms with Gasteiger partial charge in [0.15, 0.2) is 4.91 Å². The average Bonchev–Trinajstić information content (AvgIpc) is 2.85. The molecule has 1 unspecified atom stereocenters. The van der Waals surface area contributed by atoms with Crippen molar-refractivity contribution >= 4 is 16.8 Å². The summed E-state index contributed by atoms with van der Waals surface area (Å²) in [5, 5.41) is 10.3. The van der Waals surface area contributed by atoms with Crippen molar-refractivity contribution < 1.29 is 37.8 Å². The van der Waals surface area contributed by atoms with Crippen molar-refractivity contribution in [2.45, 2.75) is 56.9 Å².